The Bertz CT molecular complexity index is 430. The van der Waals surface area contributed by atoms with Gasteiger partial charge in [0.05, 0.1) is 18.4 Å². The summed E-state index contributed by atoms with van der Waals surface area (Å²) in [4.78, 5) is 14.0. The van der Waals surface area contributed by atoms with Gasteiger partial charge in [-0.1, -0.05) is 13.8 Å². The van der Waals surface area contributed by atoms with Crippen molar-refractivity contribution in [2.45, 2.75) is 46.2 Å². The maximum atomic E-state index is 11.9. The highest BCUT2D eigenvalue weighted by atomic mass is 16.1. The van der Waals surface area contributed by atoms with E-state index in [1.807, 2.05) is 7.05 Å². The number of aromatic nitrogens is 2. The van der Waals surface area contributed by atoms with Crippen LogP contribution in [-0.2, 0) is 6.54 Å². The molecule has 0 aliphatic carbocycles. The molecule has 0 saturated heterocycles. The van der Waals surface area contributed by atoms with E-state index in [-0.39, 0.29) is 5.56 Å². The Hall–Kier alpha value is -1.36. The van der Waals surface area contributed by atoms with Gasteiger partial charge in [0.1, 0.15) is 0 Å². The summed E-state index contributed by atoms with van der Waals surface area (Å²) in [5.41, 5.74) is 0.851. The number of nitrogens with one attached hydrogen (secondary N) is 1. The van der Waals surface area contributed by atoms with Crippen molar-refractivity contribution in [3.05, 3.63) is 22.6 Å². The van der Waals surface area contributed by atoms with Gasteiger partial charge in [-0.25, -0.2) is 4.68 Å². The summed E-state index contributed by atoms with van der Waals surface area (Å²) in [6, 6.07) is 2.14. The molecular weight excluding hydrogens is 240 g/mol. The van der Waals surface area contributed by atoms with Crippen molar-refractivity contribution in [2.24, 2.45) is 0 Å². The van der Waals surface area contributed by atoms with Gasteiger partial charge < -0.3 is 10.2 Å². The van der Waals surface area contributed by atoms with Gasteiger partial charge in [-0.05, 0) is 19.8 Å². The molecule has 1 unspecified atom stereocenters. The van der Waals surface area contributed by atoms with Gasteiger partial charge in [-0.3, -0.25) is 4.79 Å². The van der Waals surface area contributed by atoms with Crippen molar-refractivity contribution in [1.82, 2.24) is 15.1 Å². The summed E-state index contributed by atoms with van der Waals surface area (Å²) < 4.78 is 1.51. The highest BCUT2D eigenvalue weighted by Crippen LogP contribution is 2.06. The predicted octanol–water partition coefficient (Wildman–Crippen LogP) is 1.48. The molecule has 1 aromatic rings. The molecule has 5 nitrogen and oxygen atoms in total. The van der Waals surface area contributed by atoms with Gasteiger partial charge in [-0.15, -0.1) is 0 Å². The van der Waals surface area contributed by atoms with E-state index in [4.69, 9.17) is 0 Å². The monoisotopic (exact) mass is 266 g/mol. The van der Waals surface area contributed by atoms with Crippen LogP contribution >= 0.6 is 0 Å². The quantitative estimate of drug-likeness (QED) is 0.774. The first kappa shape index (κ1) is 15.7. The first-order valence-corrected chi connectivity index (χ1v) is 7.10. The Morgan fingerprint density at radius 2 is 2.21 bits per heavy atom. The topological polar surface area (TPSA) is 50.2 Å². The van der Waals surface area contributed by atoms with Crippen LogP contribution in [0.5, 0.6) is 0 Å². The fraction of sp³-hybridized carbons (Fsp3) is 0.714. The zero-order chi connectivity index (χ0) is 14.3. The lowest BCUT2D eigenvalue weighted by molar-refractivity contribution is 0.476. The average Bonchev–Trinajstić information content (AvgIpc) is 2.40. The van der Waals surface area contributed by atoms with Crippen LogP contribution in [0.3, 0.4) is 0 Å². The molecule has 1 aromatic heterocycles. The zero-order valence-corrected chi connectivity index (χ0v) is 12.5. The van der Waals surface area contributed by atoms with E-state index in [0.717, 1.165) is 31.6 Å². The van der Waals surface area contributed by atoms with Crippen molar-refractivity contribution in [1.29, 1.82) is 0 Å². The predicted molar refractivity (Wildman–Crippen MR) is 79.8 cm³/mol. The van der Waals surface area contributed by atoms with Crippen LogP contribution in [0.15, 0.2) is 17.1 Å². The molecule has 0 bridgehead atoms. The fourth-order valence-electron chi connectivity index (χ4n) is 1.83. The molecule has 1 heterocycles. The zero-order valence-electron chi connectivity index (χ0n) is 12.5. The van der Waals surface area contributed by atoms with Gasteiger partial charge in [0, 0.05) is 32.2 Å². The number of rotatable bonds is 8. The van der Waals surface area contributed by atoms with Crippen LogP contribution < -0.4 is 15.8 Å². The second-order valence-electron chi connectivity index (χ2n) is 4.96. The van der Waals surface area contributed by atoms with Crippen molar-refractivity contribution in [3.8, 4) is 0 Å². The van der Waals surface area contributed by atoms with Crippen LogP contribution in [0.2, 0.25) is 0 Å². The molecule has 5 heteroatoms. The molecular formula is C14H26N4O. The average molecular weight is 266 g/mol. The van der Waals surface area contributed by atoms with E-state index in [0.29, 0.717) is 12.6 Å². The minimum Gasteiger partial charge on any atom is -0.373 e. The first-order valence-electron chi connectivity index (χ1n) is 7.10. The molecule has 0 aliphatic rings. The van der Waals surface area contributed by atoms with Crippen molar-refractivity contribution in [3.63, 3.8) is 0 Å². The summed E-state index contributed by atoms with van der Waals surface area (Å²) in [7, 11) is 1.98. The largest absolute Gasteiger partial charge is 0.373 e. The third-order valence-electron chi connectivity index (χ3n) is 3.28. The van der Waals surface area contributed by atoms with Gasteiger partial charge in [-0.2, -0.15) is 5.10 Å². The molecule has 0 fully saturated rings. The highest BCUT2D eigenvalue weighted by molar-refractivity contribution is 5.41. The normalized spacial score (nSPS) is 12.4. The lowest BCUT2D eigenvalue weighted by Gasteiger charge is -2.18. The summed E-state index contributed by atoms with van der Waals surface area (Å²) in [5, 5.41) is 7.58. The number of nitrogens with zero attached hydrogens (tertiary/aromatic N) is 3. The molecule has 0 aliphatic heterocycles. The molecule has 19 heavy (non-hydrogen) atoms. The lowest BCUT2D eigenvalue weighted by atomic mass is 10.3. The standard InChI is InChI=1S/C14H26N4O/c1-5-8-17(4)13-10-14(19)18(16-11-13)9-7-15-12(3)6-2/h10-12,15H,5-9H2,1-4H3. The highest BCUT2D eigenvalue weighted by Gasteiger charge is 2.04. The minimum absolute atomic E-state index is 0.0357. The maximum absolute atomic E-state index is 11.9. The van der Waals surface area contributed by atoms with E-state index in [1.54, 1.807) is 12.3 Å². The Morgan fingerprint density at radius 1 is 1.47 bits per heavy atom. The van der Waals surface area contributed by atoms with E-state index >= 15 is 0 Å². The summed E-state index contributed by atoms with van der Waals surface area (Å²) in [5.74, 6) is 0. The molecule has 1 atom stereocenters. The maximum Gasteiger partial charge on any atom is 0.268 e. The van der Waals surface area contributed by atoms with Gasteiger partial charge in [0.2, 0.25) is 0 Å². The SMILES string of the molecule is CCCN(C)c1cnn(CCNC(C)CC)c(=O)c1. The molecule has 0 amide bonds. The molecule has 1 rings (SSSR count). The van der Waals surface area contributed by atoms with Crippen molar-refractivity contribution >= 4 is 5.69 Å². The Kier molecular flexibility index (Phi) is 6.56. The third kappa shape index (κ3) is 5.03. The lowest BCUT2D eigenvalue weighted by Crippen LogP contribution is -2.33. The van der Waals surface area contributed by atoms with Gasteiger partial charge >= 0.3 is 0 Å². The summed E-state index contributed by atoms with van der Waals surface area (Å²) >= 11 is 0. The van der Waals surface area contributed by atoms with E-state index in [1.165, 1.54) is 4.68 Å². The molecule has 108 valence electrons. The van der Waals surface area contributed by atoms with Crippen LogP contribution in [0.4, 0.5) is 5.69 Å². The Balaban J connectivity index is 2.60. The van der Waals surface area contributed by atoms with Crippen LogP contribution in [0.25, 0.3) is 0 Å². The number of hydrogen-bond donors (Lipinski definition) is 1. The minimum atomic E-state index is -0.0357. The van der Waals surface area contributed by atoms with Gasteiger partial charge in [0.25, 0.3) is 5.56 Å². The summed E-state index contributed by atoms with van der Waals surface area (Å²) in [6.45, 7) is 8.71. The van der Waals surface area contributed by atoms with Crippen molar-refractivity contribution in [2.75, 3.05) is 25.0 Å². The van der Waals surface area contributed by atoms with E-state index < -0.39 is 0 Å². The van der Waals surface area contributed by atoms with Crippen LogP contribution in [-0.4, -0.2) is 36.0 Å². The Labute approximate surface area is 115 Å². The second-order valence-corrected chi connectivity index (χ2v) is 4.96. The second kappa shape index (κ2) is 7.94. The molecule has 1 N–H and O–H groups in total. The van der Waals surface area contributed by atoms with E-state index in [2.05, 4.69) is 36.1 Å². The van der Waals surface area contributed by atoms with Gasteiger partial charge in [0.15, 0.2) is 0 Å². The van der Waals surface area contributed by atoms with Crippen molar-refractivity contribution < 1.29 is 0 Å². The number of anilines is 1. The third-order valence-corrected chi connectivity index (χ3v) is 3.28. The molecule has 0 spiro atoms. The fourth-order valence-corrected chi connectivity index (χ4v) is 1.83. The van der Waals surface area contributed by atoms with E-state index in [9.17, 15) is 4.79 Å². The number of hydrogen-bond acceptors (Lipinski definition) is 4. The Morgan fingerprint density at radius 3 is 2.79 bits per heavy atom. The molecule has 0 saturated carbocycles. The summed E-state index contributed by atoms with van der Waals surface area (Å²) in [6.07, 6.45) is 3.90. The van der Waals surface area contributed by atoms with Crippen LogP contribution in [0.1, 0.15) is 33.6 Å². The molecule has 0 radical (unpaired) electrons. The first-order chi connectivity index (χ1) is 9.08. The van der Waals surface area contributed by atoms with Crippen LogP contribution in [0, 0.1) is 0 Å². The molecule has 0 aromatic carbocycles. The smallest absolute Gasteiger partial charge is 0.268 e.